The maximum Gasteiger partial charge on any atom is 0.416 e. The van der Waals surface area contributed by atoms with Crippen LogP contribution in [0.15, 0.2) is 59.6 Å². The lowest BCUT2D eigenvalue weighted by molar-refractivity contribution is -0.384. The summed E-state index contributed by atoms with van der Waals surface area (Å²) < 4.78 is 67.2. The predicted molar refractivity (Wildman–Crippen MR) is 115 cm³/mol. The highest BCUT2D eigenvalue weighted by atomic mass is 32.2. The number of nitro benzene ring substituents is 1. The Morgan fingerprint density at radius 2 is 1.74 bits per heavy atom. The lowest BCUT2D eigenvalue weighted by atomic mass is 10.2. The highest BCUT2D eigenvalue weighted by Crippen LogP contribution is 2.31. The molecule has 0 saturated carbocycles. The van der Waals surface area contributed by atoms with Gasteiger partial charge < -0.3 is 9.47 Å². The van der Waals surface area contributed by atoms with E-state index in [0.717, 1.165) is 22.5 Å². The highest BCUT2D eigenvalue weighted by molar-refractivity contribution is 7.89. The number of rotatable bonds is 5. The molecule has 1 amide bonds. The molecule has 9 nitrogen and oxygen atoms in total. The van der Waals surface area contributed by atoms with E-state index in [1.54, 1.807) is 22.9 Å². The topological polar surface area (TPSA) is 106 Å². The number of non-ortho nitro benzene ring substituents is 1. The van der Waals surface area contributed by atoms with Gasteiger partial charge in [0.05, 0.1) is 15.4 Å². The van der Waals surface area contributed by atoms with Gasteiger partial charge in [-0.2, -0.15) is 17.5 Å². The highest BCUT2D eigenvalue weighted by Gasteiger charge is 2.34. The van der Waals surface area contributed by atoms with Gasteiger partial charge in [-0.25, -0.2) is 8.42 Å². The van der Waals surface area contributed by atoms with Crippen LogP contribution in [0.25, 0.3) is 10.9 Å². The Morgan fingerprint density at radius 1 is 1.03 bits per heavy atom. The van der Waals surface area contributed by atoms with Crippen LogP contribution in [0.3, 0.4) is 0 Å². The number of aromatic nitrogens is 1. The lowest BCUT2D eigenvalue weighted by Crippen LogP contribution is -2.51. The molecular formula is C21H19F3N4O5S. The van der Waals surface area contributed by atoms with Crippen LogP contribution in [0, 0.1) is 10.1 Å². The summed E-state index contributed by atoms with van der Waals surface area (Å²) >= 11 is 0. The molecule has 13 heteroatoms. The molecule has 0 atom stereocenters. The summed E-state index contributed by atoms with van der Waals surface area (Å²) in [5, 5.41) is 11.5. The Balaban J connectivity index is 1.42. The van der Waals surface area contributed by atoms with Gasteiger partial charge in [0.15, 0.2) is 0 Å². The molecule has 4 rings (SSSR count). The summed E-state index contributed by atoms with van der Waals surface area (Å²) in [5.41, 5.74) is -0.467. The van der Waals surface area contributed by atoms with Crippen LogP contribution in [0.4, 0.5) is 18.9 Å². The van der Waals surface area contributed by atoms with Crippen molar-refractivity contribution in [2.45, 2.75) is 17.6 Å². The van der Waals surface area contributed by atoms with Crippen LogP contribution in [0.5, 0.6) is 0 Å². The molecule has 0 bridgehead atoms. The number of piperazine rings is 1. The van der Waals surface area contributed by atoms with Crippen molar-refractivity contribution in [1.82, 2.24) is 13.8 Å². The maximum atomic E-state index is 13.0. The number of carbonyl (C=O) groups is 1. The Bertz CT molecular complexity index is 1360. The smallest absolute Gasteiger partial charge is 0.339 e. The van der Waals surface area contributed by atoms with E-state index >= 15 is 0 Å². The minimum Gasteiger partial charge on any atom is -0.339 e. The molecule has 0 radical (unpaired) electrons. The fourth-order valence-corrected chi connectivity index (χ4v) is 5.31. The van der Waals surface area contributed by atoms with Gasteiger partial charge in [0.25, 0.3) is 5.69 Å². The first-order chi connectivity index (χ1) is 16.0. The normalized spacial score (nSPS) is 15.6. The van der Waals surface area contributed by atoms with E-state index in [1.165, 1.54) is 17.0 Å². The van der Waals surface area contributed by atoms with Crippen molar-refractivity contribution in [1.29, 1.82) is 0 Å². The number of hydrogen-bond donors (Lipinski definition) is 0. The van der Waals surface area contributed by atoms with Gasteiger partial charge in [0.1, 0.15) is 6.54 Å². The molecule has 1 saturated heterocycles. The zero-order valence-electron chi connectivity index (χ0n) is 17.6. The first kappa shape index (κ1) is 23.7. The summed E-state index contributed by atoms with van der Waals surface area (Å²) in [6.45, 7) is 0.0248. The Labute approximate surface area is 192 Å². The SMILES string of the molecule is O=C(Cn1ccc2cc([N+](=O)[O-])ccc21)N1CCN(S(=O)(=O)c2cccc(C(F)(F)F)c2)CC1. The number of fused-ring (bicyclic) bond motifs is 1. The van der Waals surface area contributed by atoms with E-state index in [-0.39, 0.29) is 44.3 Å². The minimum absolute atomic E-state index is 0.0400. The summed E-state index contributed by atoms with van der Waals surface area (Å²) in [6.07, 6.45) is -3.02. The standard InChI is InChI=1S/C21H19F3N4O5S/c22-21(23,24)16-2-1-3-18(13-16)34(32,33)27-10-8-25(9-11-27)20(29)14-26-7-6-15-12-17(28(30)31)4-5-19(15)26/h1-7,12-13H,8-11,14H2. The molecule has 34 heavy (non-hydrogen) atoms. The molecule has 0 N–H and O–H groups in total. The van der Waals surface area contributed by atoms with Crippen LogP contribution < -0.4 is 0 Å². The van der Waals surface area contributed by atoms with E-state index in [9.17, 15) is 36.5 Å². The largest absolute Gasteiger partial charge is 0.416 e. The van der Waals surface area contributed by atoms with Gasteiger partial charge in [-0.05, 0) is 30.3 Å². The van der Waals surface area contributed by atoms with Crippen molar-refractivity contribution in [3.63, 3.8) is 0 Å². The first-order valence-electron chi connectivity index (χ1n) is 10.2. The molecule has 0 aliphatic carbocycles. The maximum absolute atomic E-state index is 13.0. The molecule has 1 aliphatic heterocycles. The molecule has 0 spiro atoms. The number of nitrogens with zero attached hydrogens (tertiary/aromatic N) is 4. The number of alkyl halides is 3. The number of sulfonamides is 1. The van der Waals surface area contributed by atoms with Gasteiger partial charge in [0, 0.05) is 55.4 Å². The second kappa shape index (κ2) is 8.72. The van der Waals surface area contributed by atoms with Crippen LogP contribution >= 0.6 is 0 Å². The zero-order chi connectivity index (χ0) is 24.7. The summed E-state index contributed by atoms with van der Waals surface area (Å²) in [6, 6.07) is 9.55. The van der Waals surface area contributed by atoms with Gasteiger partial charge in [-0.15, -0.1) is 0 Å². The summed E-state index contributed by atoms with van der Waals surface area (Å²) in [7, 11) is -4.15. The molecule has 2 heterocycles. The number of hydrogen-bond acceptors (Lipinski definition) is 5. The van der Waals surface area contributed by atoms with Crippen molar-refractivity contribution in [2.75, 3.05) is 26.2 Å². The second-order valence-electron chi connectivity index (χ2n) is 7.75. The van der Waals surface area contributed by atoms with E-state index in [2.05, 4.69) is 0 Å². The van der Waals surface area contributed by atoms with E-state index < -0.39 is 31.6 Å². The number of nitro groups is 1. The number of benzene rings is 2. The molecule has 180 valence electrons. The summed E-state index contributed by atoms with van der Waals surface area (Å²) in [5.74, 6) is -0.271. The molecule has 2 aromatic carbocycles. The third kappa shape index (κ3) is 4.61. The Morgan fingerprint density at radius 3 is 2.38 bits per heavy atom. The molecule has 3 aromatic rings. The second-order valence-corrected chi connectivity index (χ2v) is 9.69. The summed E-state index contributed by atoms with van der Waals surface area (Å²) in [4.78, 5) is 24.2. The average molecular weight is 496 g/mol. The third-order valence-electron chi connectivity index (χ3n) is 5.66. The zero-order valence-corrected chi connectivity index (χ0v) is 18.4. The van der Waals surface area contributed by atoms with Crippen molar-refractivity contribution < 1.29 is 31.3 Å². The van der Waals surface area contributed by atoms with Gasteiger partial charge >= 0.3 is 6.18 Å². The molecule has 1 aliphatic rings. The molecule has 1 aromatic heterocycles. The van der Waals surface area contributed by atoms with Crippen molar-refractivity contribution in [2.24, 2.45) is 0 Å². The van der Waals surface area contributed by atoms with Gasteiger partial charge in [0.2, 0.25) is 15.9 Å². The van der Waals surface area contributed by atoms with E-state index in [4.69, 9.17) is 0 Å². The number of amides is 1. The van der Waals surface area contributed by atoms with Crippen LogP contribution in [-0.4, -0.2) is 59.2 Å². The van der Waals surface area contributed by atoms with Crippen molar-refractivity contribution in [3.05, 3.63) is 70.4 Å². The van der Waals surface area contributed by atoms with Crippen LogP contribution in [0.1, 0.15) is 5.56 Å². The number of halogens is 3. The van der Waals surface area contributed by atoms with E-state index in [0.29, 0.717) is 17.0 Å². The molecule has 0 unspecified atom stereocenters. The molecular weight excluding hydrogens is 477 g/mol. The minimum atomic E-state index is -4.66. The predicted octanol–water partition coefficient (Wildman–Crippen LogP) is 3.10. The lowest BCUT2D eigenvalue weighted by Gasteiger charge is -2.34. The van der Waals surface area contributed by atoms with Crippen molar-refractivity contribution >= 4 is 32.5 Å². The van der Waals surface area contributed by atoms with Crippen molar-refractivity contribution in [3.8, 4) is 0 Å². The third-order valence-corrected chi connectivity index (χ3v) is 7.56. The van der Waals surface area contributed by atoms with E-state index in [1.807, 2.05) is 0 Å². The fraction of sp³-hybridized carbons (Fsp3) is 0.286. The van der Waals surface area contributed by atoms with Crippen LogP contribution in [-0.2, 0) is 27.5 Å². The Kier molecular flexibility index (Phi) is 6.08. The van der Waals surface area contributed by atoms with Gasteiger partial charge in [-0.1, -0.05) is 6.07 Å². The molecule has 1 fully saturated rings. The quantitative estimate of drug-likeness (QED) is 0.399. The fourth-order valence-electron chi connectivity index (χ4n) is 3.84. The first-order valence-corrected chi connectivity index (χ1v) is 11.6. The Hall–Kier alpha value is -3.45. The number of carbonyl (C=O) groups excluding carboxylic acids is 1. The van der Waals surface area contributed by atoms with Gasteiger partial charge in [-0.3, -0.25) is 14.9 Å². The average Bonchev–Trinajstić information content (AvgIpc) is 3.20. The van der Waals surface area contributed by atoms with Crippen LogP contribution in [0.2, 0.25) is 0 Å². The monoisotopic (exact) mass is 496 g/mol.